The van der Waals surface area contributed by atoms with Gasteiger partial charge in [-0.15, -0.1) is 0 Å². The Labute approximate surface area is 435 Å². The molecule has 0 aromatic heterocycles. The Balaban J connectivity index is 1.45. The molecule has 0 atom stereocenters. The maximum atomic E-state index is 2.67. The molecule has 0 amide bonds. The summed E-state index contributed by atoms with van der Waals surface area (Å²) < 4.78 is 0. The van der Waals surface area contributed by atoms with Crippen molar-refractivity contribution >= 4 is 56.9 Å². The van der Waals surface area contributed by atoms with Crippen LogP contribution in [0.3, 0.4) is 0 Å². The van der Waals surface area contributed by atoms with Crippen LogP contribution in [-0.2, 0) is 18.3 Å². The lowest BCUT2D eigenvalue weighted by molar-refractivity contribution is 0.589. The number of hydrogen-bond acceptors (Lipinski definition) is 4. The molecular formula is C65H68S4Si. The highest BCUT2D eigenvalue weighted by atomic mass is 33.8. The minimum absolute atomic E-state index is 0.102. The van der Waals surface area contributed by atoms with Gasteiger partial charge in [-0.25, -0.2) is 0 Å². The summed E-state index contributed by atoms with van der Waals surface area (Å²) in [6, 6.07) is 51.8. The molecule has 0 N–H and O–H groups in total. The molecule has 9 rings (SSSR count). The van der Waals surface area contributed by atoms with Gasteiger partial charge in [0.25, 0.3) is 6.37 Å². The predicted octanol–water partition coefficient (Wildman–Crippen LogP) is 18.5. The Hall–Kier alpha value is -4.62. The van der Waals surface area contributed by atoms with Crippen molar-refractivity contribution in [1.29, 1.82) is 0 Å². The highest BCUT2D eigenvalue weighted by Gasteiger charge is 2.50. The molecule has 1 heterocycles. The molecule has 0 radical (unpaired) electrons. The summed E-state index contributed by atoms with van der Waals surface area (Å²) in [4.78, 5) is 0. The van der Waals surface area contributed by atoms with Crippen molar-refractivity contribution in [2.75, 3.05) is 0 Å². The van der Waals surface area contributed by atoms with Crippen molar-refractivity contribution in [2.45, 2.75) is 115 Å². The Morgan fingerprint density at radius 2 is 0.643 bits per heavy atom. The van der Waals surface area contributed by atoms with Crippen molar-refractivity contribution in [3.05, 3.63) is 222 Å². The average molecular weight is 1010 g/mol. The monoisotopic (exact) mass is 1000 g/mol. The fraction of sp³-hybridized carbons (Fsp3) is 0.262. The van der Waals surface area contributed by atoms with E-state index in [-0.39, 0.29) is 5.41 Å². The van der Waals surface area contributed by atoms with Crippen LogP contribution in [0.2, 0.25) is 0 Å². The van der Waals surface area contributed by atoms with E-state index in [1.165, 1.54) is 134 Å². The molecule has 0 unspecified atom stereocenters. The second-order valence-corrected chi connectivity index (χ2v) is 35.8. The molecule has 1 saturated heterocycles. The first kappa shape index (κ1) is 50.3. The molecule has 0 bridgehead atoms. The molecule has 0 spiro atoms. The molecule has 0 saturated carbocycles. The summed E-state index contributed by atoms with van der Waals surface area (Å²) in [5, 5.41) is 3.17. The predicted molar refractivity (Wildman–Crippen MR) is 319 cm³/mol. The van der Waals surface area contributed by atoms with E-state index >= 15 is 0 Å². The molecule has 356 valence electrons. The van der Waals surface area contributed by atoms with Gasteiger partial charge in [0.15, 0.2) is 0 Å². The second kappa shape index (κ2) is 20.1. The van der Waals surface area contributed by atoms with Crippen LogP contribution in [-0.4, -0.2) is 6.37 Å². The van der Waals surface area contributed by atoms with Gasteiger partial charge in [-0.3, -0.25) is 0 Å². The first-order valence-corrected chi connectivity index (χ1v) is 33.1. The van der Waals surface area contributed by atoms with Crippen molar-refractivity contribution in [2.24, 2.45) is 0 Å². The fourth-order valence-electron chi connectivity index (χ4n) is 11.9. The van der Waals surface area contributed by atoms with Crippen LogP contribution in [0.15, 0.2) is 133 Å². The first-order valence-electron chi connectivity index (χ1n) is 24.8. The summed E-state index contributed by atoms with van der Waals surface area (Å²) in [7, 11) is 8.40. The molecule has 70 heavy (non-hydrogen) atoms. The van der Waals surface area contributed by atoms with Crippen molar-refractivity contribution in [3.8, 4) is 44.5 Å². The maximum absolute atomic E-state index is 2.69. The quantitative estimate of drug-likeness (QED) is 0.0988. The van der Waals surface area contributed by atoms with Gasteiger partial charge in [-0.2, -0.15) is 0 Å². The second-order valence-electron chi connectivity index (χ2n) is 21.2. The van der Waals surface area contributed by atoms with Gasteiger partial charge in [0.1, 0.15) is 0 Å². The van der Waals surface area contributed by atoms with Crippen molar-refractivity contribution in [3.63, 3.8) is 0 Å². The largest absolute Gasteiger partial charge is 0.265 e. The van der Waals surface area contributed by atoms with Crippen molar-refractivity contribution < 1.29 is 0 Å². The van der Waals surface area contributed by atoms with E-state index in [1.54, 1.807) is 10.4 Å². The Morgan fingerprint density at radius 1 is 0.357 bits per heavy atom. The average Bonchev–Trinajstić information content (AvgIpc) is 3.77. The smallest absolute Gasteiger partial charge is 0.0831 e. The minimum Gasteiger partial charge on any atom is -0.0831 e. The Bertz CT molecular complexity index is 2910. The van der Waals surface area contributed by atoms with Crippen molar-refractivity contribution in [1.82, 2.24) is 0 Å². The Kier molecular flexibility index (Phi) is 14.5. The van der Waals surface area contributed by atoms with Gasteiger partial charge in [0.2, 0.25) is 0 Å². The normalized spacial score (nSPS) is 13.6. The van der Waals surface area contributed by atoms with E-state index in [0.717, 1.165) is 12.8 Å². The number of benzene rings is 8. The lowest BCUT2D eigenvalue weighted by atomic mass is 9.79. The zero-order chi connectivity index (χ0) is 49.8. The lowest BCUT2D eigenvalue weighted by Crippen LogP contribution is -2.56. The van der Waals surface area contributed by atoms with E-state index in [0.29, 0.717) is 0 Å². The van der Waals surface area contributed by atoms with E-state index in [9.17, 15) is 0 Å². The molecule has 0 nitrogen and oxygen atoms in total. The molecule has 8 aromatic rings. The summed E-state index contributed by atoms with van der Waals surface area (Å²) in [5.74, 6) is 0. The van der Waals surface area contributed by atoms with Gasteiger partial charge in [-0.1, -0.05) is 180 Å². The minimum atomic E-state index is -2.69. The zero-order valence-electron chi connectivity index (χ0n) is 43.7. The van der Waals surface area contributed by atoms with Crippen LogP contribution in [0.5, 0.6) is 0 Å². The van der Waals surface area contributed by atoms with Gasteiger partial charge >= 0.3 is 0 Å². The van der Waals surface area contributed by atoms with Crippen LogP contribution in [0.25, 0.3) is 44.5 Å². The van der Waals surface area contributed by atoms with Crippen LogP contribution in [0.1, 0.15) is 110 Å². The maximum Gasteiger partial charge on any atom is 0.265 e. The highest BCUT2D eigenvalue weighted by molar-refractivity contribution is 9.42. The van der Waals surface area contributed by atoms with E-state index in [4.69, 9.17) is 0 Å². The standard InChI is InChI=1S/C65H68S4Si/c1-39-33-48(10)63(49(11)34-39)70(68-66-67-69-70)64-50(37-57-53(59-40(2)21-15-22-41(59)3)29-19-30-54(57)60-42(4)23-16-24-43(60)5)35-52(65(12,13)14)36-51(64)38-58-55(61-44(6)25-17-26-45(61)7)31-20-32-56(58)62-46(8)27-18-28-47(62)9/h15-36H,37-38H2,1-14H3. The highest BCUT2D eigenvalue weighted by Crippen LogP contribution is 2.63. The molecule has 8 aromatic carbocycles. The molecule has 5 heteroatoms. The molecular weight excluding hydrogens is 937 g/mol. The van der Waals surface area contributed by atoms with Gasteiger partial charge in [0, 0.05) is 0 Å². The third-order valence-electron chi connectivity index (χ3n) is 14.9. The summed E-state index contributed by atoms with van der Waals surface area (Å²) in [5.41, 5.74) is 32.6. The molecule has 0 aliphatic carbocycles. The van der Waals surface area contributed by atoms with Gasteiger partial charge < -0.3 is 0 Å². The summed E-state index contributed by atoms with van der Waals surface area (Å²) in [6.07, 6.45) is -1.06. The summed E-state index contributed by atoms with van der Waals surface area (Å²) >= 11 is 0. The van der Waals surface area contributed by atoms with Crippen LogP contribution in [0.4, 0.5) is 0 Å². The molecule has 1 fully saturated rings. The van der Waals surface area contributed by atoms with Crippen LogP contribution in [0, 0.1) is 76.2 Å². The number of aryl methyl sites for hydroxylation is 11. The number of rotatable bonds is 10. The topological polar surface area (TPSA) is 0 Å². The Morgan fingerprint density at radius 3 is 0.929 bits per heavy atom. The molecule has 1 aliphatic heterocycles. The molecule has 1 aliphatic rings. The van der Waals surface area contributed by atoms with E-state index in [2.05, 4.69) is 251 Å². The third kappa shape index (κ3) is 9.35. The lowest BCUT2D eigenvalue weighted by Gasteiger charge is -2.34. The number of hydrogen-bond donors (Lipinski definition) is 0. The fourth-order valence-corrected chi connectivity index (χ4v) is 44.5. The summed E-state index contributed by atoms with van der Waals surface area (Å²) in [6.45, 7) is 32.7. The first-order chi connectivity index (χ1) is 33.4. The van der Waals surface area contributed by atoms with E-state index in [1.807, 2.05) is 19.7 Å². The van der Waals surface area contributed by atoms with Gasteiger partial charge in [0.05, 0.1) is 0 Å². The third-order valence-corrected chi connectivity index (χ3v) is 37.6. The zero-order valence-corrected chi connectivity index (χ0v) is 48.0. The van der Waals surface area contributed by atoms with Crippen LogP contribution >= 0.6 is 40.1 Å². The SMILES string of the molecule is Cc1cc(C)c([Si]2(c3c(Cc4c(-c5c(C)cccc5C)cccc4-c4c(C)cccc4C)cc(C(C)(C)C)cc3Cc3c(-c4c(C)cccc4C)cccc3-c3c(C)cccc3C)SSSS2)c(C)c1. The van der Waals surface area contributed by atoms with E-state index < -0.39 is 6.37 Å². The van der Waals surface area contributed by atoms with Gasteiger partial charge in [-0.05, 0) is 252 Å². The van der Waals surface area contributed by atoms with Crippen LogP contribution < -0.4 is 10.4 Å².